The van der Waals surface area contributed by atoms with Crippen LogP contribution in [-0.4, -0.2) is 41.6 Å². The van der Waals surface area contributed by atoms with Gasteiger partial charge in [-0.3, -0.25) is 0 Å². The highest BCUT2D eigenvalue weighted by molar-refractivity contribution is 7.19. The van der Waals surface area contributed by atoms with E-state index in [2.05, 4.69) is 41.1 Å². The third kappa shape index (κ3) is 7.86. The zero-order chi connectivity index (χ0) is 30.4. The standard InChI is InChI=1S/C33H37F3N4O2S/c1-4-9-22(2)26-12-5-6-14-28(26)42-31-27(13-8-17-37-31)38-32-39-30(33(34,35)36)29(43-32)24-10-7-11-25(20-24)41-21-23-15-18-40(3)19-16-23/h5-8,10-14,17,20,22-23H,4,9,15-16,18-19,21H2,1-3H3,(H,38,39). The molecule has 1 fully saturated rings. The molecule has 1 aliphatic rings. The maximum Gasteiger partial charge on any atom is 0.434 e. The van der Waals surface area contributed by atoms with E-state index in [1.54, 1.807) is 42.6 Å². The summed E-state index contributed by atoms with van der Waals surface area (Å²) < 4.78 is 54.9. The minimum atomic E-state index is -4.64. The van der Waals surface area contributed by atoms with Crippen molar-refractivity contribution in [2.24, 2.45) is 5.92 Å². The summed E-state index contributed by atoms with van der Waals surface area (Å²) >= 11 is 0.932. The van der Waals surface area contributed by atoms with Crippen molar-refractivity contribution < 1.29 is 22.6 Å². The number of pyridine rings is 1. The molecule has 2 aromatic heterocycles. The van der Waals surface area contributed by atoms with E-state index in [9.17, 15) is 13.2 Å². The Balaban J connectivity index is 1.38. The lowest BCUT2D eigenvalue weighted by Gasteiger charge is -2.28. The number of nitrogens with zero attached hydrogens (tertiary/aromatic N) is 3. The number of anilines is 2. The van der Waals surface area contributed by atoms with E-state index in [1.165, 1.54) is 0 Å². The second-order valence-electron chi connectivity index (χ2n) is 11.1. The van der Waals surface area contributed by atoms with Crippen LogP contribution in [0.5, 0.6) is 17.4 Å². The van der Waals surface area contributed by atoms with Gasteiger partial charge in [-0.25, -0.2) is 9.97 Å². The summed E-state index contributed by atoms with van der Waals surface area (Å²) in [6, 6.07) is 18.0. The van der Waals surface area contributed by atoms with Gasteiger partial charge in [-0.1, -0.05) is 61.9 Å². The summed E-state index contributed by atoms with van der Waals surface area (Å²) in [5.74, 6) is 2.18. The minimum absolute atomic E-state index is 0.0184. The van der Waals surface area contributed by atoms with Crippen molar-refractivity contribution in [2.45, 2.75) is 51.6 Å². The highest BCUT2D eigenvalue weighted by atomic mass is 32.1. The van der Waals surface area contributed by atoms with Gasteiger partial charge in [0.05, 0.1) is 11.5 Å². The molecule has 1 saturated heterocycles. The Hall–Kier alpha value is -3.63. The predicted octanol–water partition coefficient (Wildman–Crippen LogP) is 9.38. The molecule has 0 amide bonds. The van der Waals surface area contributed by atoms with E-state index in [1.807, 2.05) is 24.3 Å². The fraction of sp³-hybridized carbons (Fsp3) is 0.394. The van der Waals surface area contributed by atoms with Crippen LogP contribution in [0.15, 0.2) is 66.9 Å². The Morgan fingerprint density at radius 2 is 1.86 bits per heavy atom. The third-order valence-corrected chi connectivity index (χ3v) is 8.73. The van der Waals surface area contributed by atoms with Crippen molar-refractivity contribution in [3.05, 3.63) is 78.1 Å². The molecular formula is C33H37F3N4O2S. The third-order valence-electron chi connectivity index (χ3n) is 7.71. The lowest BCUT2D eigenvalue weighted by Crippen LogP contribution is -2.32. The van der Waals surface area contributed by atoms with Crippen LogP contribution in [0.4, 0.5) is 24.0 Å². The number of benzene rings is 2. The van der Waals surface area contributed by atoms with Gasteiger partial charge in [-0.05, 0) is 92.7 Å². The first kappa shape index (κ1) is 30.8. The normalized spacial score (nSPS) is 15.3. The number of piperidine rings is 1. The average Bonchev–Trinajstić information content (AvgIpc) is 3.43. The van der Waals surface area contributed by atoms with Gasteiger partial charge in [-0.15, -0.1) is 0 Å². The lowest BCUT2D eigenvalue weighted by molar-refractivity contribution is -0.140. The number of alkyl halides is 3. The first-order valence-electron chi connectivity index (χ1n) is 14.7. The van der Waals surface area contributed by atoms with E-state index >= 15 is 0 Å². The summed E-state index contributed by atoms with van der Waals surface area (Å²) in [6.45, 7) is 6.87. The summed E-state index contributed by atoms with van der Waals surface area (Å²) in [5.41, 5.74) is 0.928. The number of thiazole rings is 1. The Kier molecular flexibility index (Phi) is 9.87. The van der Waals surface area contributed by atoms with Crippen LogP contribution < -0.4 is 14.8 Å². The quantitative estimate of drug-likeness (QED) is 0.183. The van der Waals surface area contributed by atoms with Gasteiger partial charge in [0.1, 0.15) is 17.2 Å². The second kappa shape index (κ2) is 13.8. The number of nitrogens with one attached hydrogen (secondary N) is 1. The Morgan fingerprint density at radius 3 is 2.63 bits per heavy atom. The van der Waals surface area contributed by atoms with Gasteiger partial charge in [0.2, 0.25) is 5.88 Å². The molecule has 0 saturated carbocycles. The number of aromatic nitrogens is 2. The number of hydrogen-bond acceptors (Lipinski definition) is 7. The number of halogens is 3. The fourth-order valence-electron chi connectivity index (χ4n) is 5.29. The molecule has 0 bridgehead atoms. The smallest absolute Gasteiger partial charge is 0.434 e. The molecule has 6 nitrogen and oxygen atoms in total. The van der Waals surface area contributed by atoms with Gasteiger partial charge >= 0.3 is 6.18 Å². The molecule has 5 rings (SSSR count). The van der Waals surface area contributed by atoms with Crippen molar-refractivity contribution >= 4 is 22.2 Å². The number of rotatable bonds is 11. The van der Waals surface area contributed by atoms with E-state index in [0.717, 1.165) is 55.7 Å². The van der Waals surface area contributed by atoms with E-state index in [0.29, 0.717) is 35.3 Å². The number of ether oxygens (including phenoxy) is 2. The summed E-state index contributed by atoms with van der Waals surface area (Å²) in [4.78, 5) is 10.7. The Morgan fingerprint density at radius 1 is 1.07 bits per heavy atom. The lowest BCUT2D eigenvalue weighted by atomic mass is 9.96. The highest BCUT2D eigenvalue weighted by Crippen LogP contribution is 2.44. The van der Waals surface area contributed by atoms with Crippen molar-refractivity contribution in [1.82, 2.24) is 14.9 Å². The largest absolute Gasteiger partial charge is 0.493 e. The first-order chi connectivity index (χ1) is 20.7. The van der Waals surface area contributed by atoms with Crippen LogP contribution in [0.1, 0.15) is 56.7 Å². The first-order valence-corrected chi connectivity index (χ1v) is 15.5. The maximum atomic E-state index is 14.2. The summed E-state index contributed by atoms with van der Waals surface area (Å²) in [5, 5.41) is 3.13. The topological polar surface area (TPSA) is 59.5 Å². The van der Waals surface area contributed by atoms with Crippen molar-refractivity contribution in [3.63, 3.8) is 0 Å². The molecule has 0 radical (unpaired) electrons. The van der Waals surface area contributed by atoms with Gasteiger partial charge in [0, 0.05) is 6.20 Å². The van der Waals surface area contributed by atoms with Crippen LogP contribution in [-0.2, 0) is 6.18 Å². The van der Waals surface area contributed by atoms with Crippen molar-refractivity contribution in [1.29, 1.82) is 0 Å². The molecule has 3 heterocycles. The number of likely N-dealkylation sites (tertiary alicyclic amines) is 1. The Labute approximate surface area is 254 Å². The SMILES string of the molecule is CCCC(C)c1ccccc1Oc1ncccc1Nc1nc(C(F)(F)F)c(-c2cccc(OCC3CCN(C)CC3)c2)s1. The van der Waals surface area contributed by atoms with Crippen LogP contribution in [0.25, 0.3) is 10.4 Å². The molecule has 0 aliphatic carbocycles. The highest BCUT2D eigenvalue weighted by Gasteiger charge is 2.38. The molecule has 43 heavy (non-hydrogen) atoms. The molecule has 4 aromatic rings. The molecule has 10 heteroatoms. The van der Waals surface area contributed by atoms with Gasteiger partial charge < -0.3 is 19.7 Å². The molecular weight excluding hydrogens is 573 g/mol. The monoisotopic (exact) mass is 610 g/mol. The molecule has 1 atom stereocenters. The molecule has 2 aromatic carbocycles. The maximum absolute atomic E-state index is 14.2. The fourth-order valence-corrected chi connectivity index (χ4v) is 6.28. The zero-order valence-electron chi connectivity index (χ0n) is 24.7. The molecule has 0 spiro atoms. The molecule has 228 valence electrons. The average molecular weight is 611 g/mol. The van der Waals surface area contributed by atoms with Gasteiger partial charge in [0.15, 0.2) is 10.8 Å². The van der Waals surface area contributed by atoms with E-state index in [4.69, 9.17) is 9.47 Å². The van der Waals surface area contributed by atoms with Gasteiger partial charge in [-0.2, -0.15) is 13.2 Å². The predicted molar refractivity (Wildman–Crippen MR) is 166 cm³/mol. The van der Waals surface area contributed by atoms with Gasteiger partial charge in [0.25, 0.3) is 0 Å². The van der Waals surface area contributed by atoms with Crippen LogP contribution in [0, 0.1) is 5.92 Å². The number of para-hydroxylation sites is 1. The molecule has 1 N–H and O–H groups in total. The zero-order valence-corrected chi connectivity index (χ0v) is 25.5. The number of hydrogen-bond donors (Lipinski definition) is 1. The van der Waals surface area contributed by atoms with E-state index < -0.39 is 11.9 Å². The molecule has 1 aliphatic heterocycles. The summed E-state index contributed by atoms with van der Waals surface area (Å²) in [6.07, 6.45) is 1.07. The minimum Gasteiger partial charge on any atom is -0.493 e. The van der Waals surface area contributed by atoms with E-state index in [-0.39, 0.29) is 21.8 Å². The Bertz CT molecular complexity index is 1500. The molecule has 1 unspecified atom stereocenters. The van der Waals surface area contributed by atoms with Crippen molar-refractivity contribution in [3.8, 4) is 27.8 Å². The van der Waals surface area contributed by atoms with Crippen molar-refractivity contribution in [2.75, 3.05) is 32.1 Å². The summed E-state index contributed by atoms with van der Waals surface area (Å²) in [7, 11) is 2.10. The van der Waals surface area contributed by atoms with Crippen LogP contribution in [0.3, 0.4) is 0 Å². The van der Waals surface area contributed by atoms with Crippen LogP contribution in [0.2, 0.25) is 0 Å². The second-order valence-corrected chi connectivity index (χ2v) is 12.1. The van der Waals surface area contributed by atoms with Crippen LogP contribution >= 0.6 is 11.3 Å².